The Bertz CT molecular complexity index is 334. The van der Waals surface area contributed by atoms with E-state index in [0.717, 1.165) is 19.3 Å². The lowest BCUT2D eigenvalue weighted by Crippen LogP contribution is -2.48. The first-order valence-corrected chi connectivity index (χ1v) is 7.94. The molecule has 3 N–H and O–H groups in total. The van der Waals surface area contributed by atoms with Crippen molar-refractivity contribution in [3.8, 4) is 0 Å². The molecule has 0 spiro atoms. The summed E-state index contributed by atoms with van der Waals surface area (Å²) in [5.74, 6) is -0.909. The number of rotatable bonds is 5. The van der Waals surface area contributed by atoms with E-state index in [-0.39, 0.29) is 18.6 Å². The van der Waals surface area contributed by atoms with Crippen LogP contribution in [0, 0.1) is 5.41 Å². The molecule has 1 fully saturated rings. The number of aliphatic carboxylic acids is 1. The SMILES string of the molecule is CSC1CCCC(NC(=O)NCC(C)(C)C(=O)O)C1. The van der Waals surface area contributed by atoms with Gasteiger partial charge in [0.25, 0.3) is 0 Å². The van der Waals surface area contributed by atoms with Gasteiger partial charge in [-0.2, -0.15) is 11.8 Å². The molecule has 0 radical (unpaired) electrons. The first-order chi connectivity index (χ1) is 8.85. The Morgan fingerprint density at radius 1 is 1.37 bits per heavy atom. The zero-order chi connectivity index (χ0) is 14.5. The van der Waals surface area contributed by atoms with Crippen LogP contribution in [0.1, 0.15) is 39.5 Å². The van der Waals surface area contributed by atoms with Gasteiger partial charge in [-0.15, -0.1) is 0 Å². The number of hydrogen-bond donors (Lipinski definition) is 3. The molecule has 0 aromatic heterocycles. The number of carbonyl (C=O) groups excluding carboxylic acids is 1. The molecule has 0 heterocycles. The lowest BCUT2D eigenvalue weighted by atomic mass is 9.94. The van der Waals surface area contributed by atoms with Crippen LogP contribution in [0.2, 0.25) is 0 Å². The highest BCUT2D eigenvalue weighted by atomic mass is 32.2. The van der Waals surface area contributed by atoms with E-state index in [1.165, 1.54) is 6.42 Å². The van der Waals surface area contributed by atoms with Gasteiger partial charge in [-0.1, -0.05) is 6.42 Å². The monoisotopic (exact) mass is 288 g/mol. The van der Waals surface area contributed by atoms with Gasteiger partial charge < -0.3 is 15.7 Å². The molecule has 2 amide bonds. The Balaban J connectivity index is 2.33. The Labute approximate surface area is 118 Å². The number of carboxylic acids is 1. The van der Waals surface area contributed by atoms with Crippen LogP contribution in [-0.4, -0.2) is 41.2 Å². The summed E-state index contributed by atoms with van der Waals surface area (Å²) < 4.78 is 0. The summed E-state index contributed by atoms with van der Waals surface area (Å²) in [6.07, 6.45) is 6.45. The Morgan fingerprint density at radius 3 is 2.63 bits per heavy atom. The van der Waals surface area contributed by atoms with E-state index in [9.17, 15) is 9.59 Å². The van der Waals surface area contributed by atoms with Gasteiger partial charge in [-0.25, -0.2) is 4.79 Å². The Hall–Kier alpha value is -0.910. The normalized spacial score (nSPS) is 23.7. The third kappa shape index (κ3) is 5.30. The number of hydrogen-bond acceptors (Lipinski definition) is 3. The molecule has 0 aliphatic heterocycles. The molecule has 0 bridgehead atoms. The molecule has 1 rings (SSSR count). The van der Waals surface area contributed by atoms with Gasteiger partial charge in [0.2, 0.25) is 0 Å². The second kappa shape index (κ2) is 7.03. The summed E-state index contributed by atoms with van der Waals surface area (Å²) in [5.41, 5.74) is -0.939. The molecule has 0 aromatic carbocycles. The minimum absolute atomic E-state index is 0.132. The minimum atomic E-state index is -0.939. The van der Waals surface area contributed by atoms with E-state index >= 15 is 0 Å². The van der Waals surface area contributed by atoms with Gasteiger partial charge in [0, 0.05) is 17.8 Å². The van der Waals surface area contributed by atoms with Crippen LogP contribution in [-0.2, 0) is 4.79 Å². The van der Waals surface area contributed by atoms with Crippen molar-refractivity contribution < 1.29 is 14.7 Å². The molecule has 0 aromatic rings. The molecule has 5 nitrogen and oxygen atoms in total. The highest BCUT2D eigenvalue weighted by Crippen LogP contribution is 2.26. The molecular weight excluding hydrogens is 264 g/mol. The number of thioether (sulfide) groups is 1. The number of amides is 2. The molecular formula is C13H24N2O3S. The first kappa shape index (κ1) is 16.1. The van der Waals surface area contributed by atoms with Crippen LogP contribution in [0.5, 0.6) is 0 Å². The lowest BCUT2D eigenvalue weighted by molar-refractivity contribution is -0.146. The van der Waals surface area contributed by atoms with Crippen LogP contribution >= 0.6 is 11.8 Å². The molecule has 0 saturated heterocycles. The van der Waals surface area contributed by atoms with Gasteiger partial charge in [-0.05, 0) is 39.4 Å². The van der Waals surface area contributed by atoms with E-state index in [2.05, 4.69) is 16.9 Å². The standard InChI is InChI=1S/C13H24N2O3S/c1-13(2,11(16)17)8-14-12(18)15-9-5-4-6-10(7-9)19-3/h9-10H,4-8H2,1-3H3,(H,16,17)(H2,14,15,18). The molecule has 1 aliphatic rings. The fourth-order valence-corrected chi connectivity index (χ4v) is 2.93. The Morgan fingerprint density at radius 2 is 2.05 bits per heavy atom. The highest BCUT2D eigenvalue weighted by molar-refractivity contribution is 7.99. The molecule has 110 valence electrons. The van der Waals surface area contributed by atoms with E-state index in [0.29, 0.717) is 5.25 Å². The number of urea groups is 1. The van der Waals surface area contributed by atoms with Gasteiger partial charge in [-0.3, -0.25) is 4.79 Å². The summed E-state index contributed by atoms with van der Waals surface area (Å²) in [7, 11) is 0. The van der Waals surface area contributed by atoms with Gasteiger partial charge in [0.05, 0.1) is 5.41 Å². The Kier molecular flexibility index (Phi) is 5.97. The predicted molar refractivity (Wildman–Crippen MR) is 77.5 cm³/mol. The van der Waals surface area contributed by atoms with Crippen molar-refractivity contribution in [3.63, 3.8) is 0 Å². The van der Waals surface area contributed by atoms with Crippen molar-refractivity contribution >= 4 is 23.8 Å². The largest absolute Gasteiger partial charge is 0.481 e. The van der Waals surface area contributed by atoms with Crippen molar-refractivity contribution in [2.45, 2.75) is 50.8 Å². The molecule has 19 heavy (non-hydrogen) atoms. The fraction of sp³-hybridized carbons (Fsp3) is 0.846. The van der Waals surface area contributed by atoms with Crippen LogP contribution in [0.3, 0.4) is 0 Å². The average Bonchev–Trinajstić information content (AvgIpc) is 2.36. The maximum absolute atomic E-state index is 11.8. The van der Waals surface area contributed by atoms with E-state index < -0.39 is 11.4 Å². The zero-order valence-electron chi connectivity index (χ0n) is 11.9. The molecule has 1 aliphatic carbocycles. The van der Waals surface area contributed by atoms with Gasteiger partial charge in [0.1, 0.15) is 0 Å². The third-order valence-electron chi connectivity index (χ3n) is 3.56. The van der Waals surface area contributed by atoms with Crippen LogP contribution in [0.4, 0.5) is 4.79 Å². The lowest BCUT2D eigenvalue weighted by Gasteiger charge is -2.29. The quantitative estimate of drug-likeness (QED) is 0.723. The van der Waals surface area contributed by atoms with Crippen molar-refractivity contribution in [1.82, 2.24) is 10.6 Å². The molecule has 1 saturated carbocycles. The van der Waals surface area contributed by atoms with Crippen LogP contribution in [0.25, 0.3) is 0 Å². The number of carboxylic acid groups (broad SMARTS) is 1. The maximum atomic E-state index is 11.8. The summed E-state index contributed by atoms with van der Waals surface area (Å²) in [6.45, 7) is 3.33. The predicted octanol–water partition coefficient (Wildman–Crippen LogP) is 2.07. The van der Waals surface area contributed by atoms with Gasteiger partial charge in [0.15, 0.2) is 0 Å². The highest BCUT2D eigenvalue weighted by Gasteiger charge is 2.28. The number of carbonyl (C=O) groups is 2. The third-order valence-corrected chi connectivity index (χ3v) is 4.66. The van der Waals surface area contributed by atoms with E-state index in [1.54, 1.807) is 13.8 Å². The van der Waals surface area contributed by atoms with Crippen molar-refractivity contribution in [2.24, 2.45) is 5.41 Å². The van der Waals surface area contributed by atoms with E-state index in [1.807, 2.05) is 11.8 Å². The average molecular weight is 288 g/mol. The van der Waals surface area contributed by atoms with E-state index in [4.69, 9.17) is 5.11 Å². The second-order valence-electron chi connectivity index (χ2n) is 5.74. The smallest absolute Gasteiger partial charge is 0.315 e. The summed E-state index contributed by atoms with van der Waals surface area (Å²) in [5, 5.41) is 15.2. The maximum Gasteiger partial charge on any atom is 0.315 e. The van der Waals surface area contributed by atoms with Crippen LogP contribution < -0.4 is 10.6 Å². The molecule has 2 atom stereocenters. The van der Waals surface area contributed by atoms with Gasteiger partial charge >= 0.3 is 12.0 Å². The summed E-state index contributed by atoms with van der Waals surface area (Å²) in [6, 6.07) is -0.0554. The summed E-state index contributed by atoms with van der Waals surface area (Å²) >= 11 is 1.85. The number of nitrogens with one attached hydrogen (secondary N) is 2. The van der Waals surface area contributed by atoms with Crippen molar-refractivity contribution in [1.29, 1.82) is 0 Å². The zero-order valence-corrected chi connectivity index (χ0v) is 12.7. The molecule has 6 heteroatoms. The molecule has 2 unspecified atom stereocenters. The fourth-order valence-electron chi connectivity index (χ4n) is 2.10. The minimum Gasteiger partial charge on any atom is -0.481 e. The van der Waals surface area contributed by atoms with Crippen molar-refractivity contribution in [3.05, 3.63) is 0 Å². The second-order valence-corrected chi connectivity index (χ2v) is 6.88. The summed E-state index contributed by atoms with van der Waals surface area (Å²) in [4.78, 5) is 22.7. The van der Waals surface area contributed by atoms with Crippen molar-refractivity contribution in [2.75, 3.05) is 12.8 Å². The first-order valence-electron chi connectivity index (χ1n) is 6.65. The van der Waals surface area contributed by atoms with Crippen LogP contribution in [0.15, 0.2) is 0 Å². The topological polar surface area (TPSA) is 78.4 Å².